The number of benzene rings is 1. The van der Waals surface area contributed by atoms with E-state index in [2.05, 4.69) is 29.2 Å². The number of likely N-dealkylation sites (N-methyl/N-ethyl adjacent to an activating group) is 1. The van der Waals surface area contributed by atoms with Crippen LogP contribution in [-0.4, -0.2) is 44.5 Å². The molecular weight excluding hydrogens is 284 g/mol. The summed E-state index contributed by atoms with van der Waals surface area (Å²) >= 11 is 0. The normalized spacial score (nSPS) is 26.1. The molecule has 3 rings (SSSR count). The Morgan fingerprint density at radius 2 is 1.90 bits per heavy atom. The van der Waals surface area contributed by atoms with Gasteiger partial charge >= 0.3 is 0 Å². The first kappa shape index (κ1) is 15.0. The Labute approximate surface area is 127 Å². The van der Waals surface area contributed by atoms with Gasteiger partial charge in [0.15, 0.2) is 9.84 Å². The van der Waals surface area contributed by atoms with Crippen molar-refractivity contribution < 1.29 is 8.42 Å². The largest absolute Gasteiger partial charge is 0.329 e. The molecule has 1 saturated heterocycles. The number of sulfone groups is 1. The van der Waals surface area contributed by atoms with Crippen LogP contribution in [0.15, 0.2) is 24.3 Å². The molecule has 0 spiro atoms. The third-order valence-electron chi connectivity index (χ3n) is 4.87. The molecule has 1 saturated carbocycles. The van der Waals surface area contributed by atoms with Crippen LogP contribution in [0.1, 0.15) is 42.3 Å². The smallest absolute Gasteiger partial charge is 0.151 e. The van der Waals surface area contributed by atoms with Crippen LogP contribution in [0.5, 0.6) is 0 Å². The third kappa shape index (κ3) is 3.30. The van der Waals surface area contributed by atoms with Crippen molar-refractivity contribution in [3.63, 3.8) is 0 Å². The quantitative estimate of drug-likeness (QED) is 0.899. The molecule has 0 aromatic heterocycles. The zero-order valence-electron chi connectivity index (χ0n) is 12.5. The number of hydrogen-bond acceptors (Lipinski definition) is 4. The lowest BCUT2D eigenvalue weighted by atomic mass is 10.0. The maximum Gasteiger partial charge on any atom is 0.151 e. The van der Waals surface area contributed by atoms with Crippen LogP contribution in [-0.2, 0) is 9.84 Å². The summed E-state index contributed by atoms with van der Waals surface area (Å²) in [5, 5.41) is 0. The van der Waals surface area contributed by atoms with Gasteiger partial charge in [0.2, 0.25) is 0 Å². The van der Waals surface area contributed by atoms with Gasteiger partial charge < -0.3 is 5.73 Å². The Balaban J connectivity index is 1.74. The molecule has 1 aliphatic carbocycles. The highest BCUT2D eigenvalue weighted by Crippen LogP contribution is 2.40. The van der Waals surface area contributed by atoms with Gasteiger partial charge in [-0.15, -0.1) is 0 Å². The molecule has 1 aromatic rings. The molecule has 5 heteroatoms. The van der Waals surface area contributed by atoms with Crippen LogP contribution >= 0.6 is 0 Å². The topological polar surface area (TPSA) is 63.4 Å². The summed E-state index contributed by atoms with van der Waals surface area (Å²) in [7, 11) is -0.859. The van der Waals surface area contributed by atoms with Crippen molar-refractivity contribution in [1.82, 2.24) is 4.90 Å². The second-order valence-electron chi connectivity index (χ2n) is 6.41. The number of rotatable bonds is 5. The van der Waals surface area contributed by atoms with Gasteiger partial charge in [-0.25, -0.2) is 8.42 Å². The summed E-state index contributed by atoms with van der Waals surface area (Å²) in [6, 6.07) is 8.91. The zero-order valence-corrected chi connectivity index (χ0v) is 13.3. The molecule has 21 heavy (non-hydrogen) atoms. The lowest BCUT2D eigenvalue weighted by Crippen LogP contribution is -2.39. The first-order valence-corrected chi connectivity index (χ1v) is 9.54. The highest BCUT2D eigenvalue weighted by Gasteiger charge is 2.33. The molecule has 1 aliphatic heterocycles. The molecule has 2 unspecified atom stereocenters. The maximum absolute atomic E-state index is 11.7. The Hall–Kier alpha value is -0.910. The fourth-order valence-electron chi connectivity index (χ4n) is 3.30. The van der Waals surface area contributed by atoms with E-state index in [1.165, 1.54) is 24.0 Å². The van der Waals surface area contributed by atoms with E-state index in [1.54, 1.807) is 0 Å². The summed E-state index contributed by atoms with van der Waals surface area (Å²) in [4.78, 5) is 2.15. The Morgan fingerprint density at radius 3 is 2.38 bits per heavy atom. The standard InChI is InChI=1S/C16H24N2O2S/c1-18(15-8-9-21(19,20)11-15)16(10-17)14-6-4-13(5-7-14)12-2-3-12/h4-7,12,15-16H,2-3,8-11,17H2,1H3. The van der Waals surface area contributed by atoms with Gasteiger partial charge in [-0.2, -0.15) is 0 Å². The van der Waals surface area contributed by atoms with E-state index in [1.807, 2.05) is 7.05 Å². The SMILES string of the molecule is CN(C1CCS(=O)(=O)C1)C(CN)c1ccc(C2CC2)cc1. The minimum Gasteiger partial charge on any atom is -0.329 e. The van der Waals surface area contributed by atoms with E-state index in [9.17, 15) is 8.42 Å². The molecule has 0 amide bonds. The van der Waals surface area contributed by atoms with Gasteiger partial charge in [0.1, 0.15) is 0 Å². The van der Waals surface area contributed by atoms with Gasteiger partial charge in [-0.1, -0.05) is 24.3 Å². The molecule has 116 valence electrons. The van der Waals surface area contributed by atoms with E-state index >= 15 is 0 Å². The molecule has 2 N–H and O–H groups in total. The number of nitrogens with two attached hydrogens (primary N) is 1. The van der Waals surface area contributed by atoms with Gasteiger partial charge in [-0.3, -0.25) is 4.90 Å². The van der Waals surface area contributed by atoms with Gasteiger partial charge in [-0.05, 0) is 43.4 Å². The van der Waals surface area contributed by atoms with Crippen LogP contribution in [0, 0.1) is 0 Å². The van der Waals surface area contributed by atoms with Crippen molar-refractivity contribution in [2.45, 2.75) is 37.3 Å². The molecule has 0 radical (unpaired) electrons. The Morgan fingerprint density at radius 1 is 1.24 bits per heavy atom. The average Bonchev–Trinajstić information content (AvgIpc) is 3.24. The van der Waals surface area contributed by atoms with Crippen molar-refractivity contribution in [1.29, 1.82) is 0 Å². The molecular formula is C16H24N2O2S. The summed E-state index contributed by atoms with van der Waals surface area (Å²) in [5.41, 5.74) is 8.57. The van der Waals surface area contributed by atoms with Crippen molar-refractivity contribution in [3.8, 4) is 0 Å². The summed E-state index contributed by atoms with van der Waals surface area (Å²) in [6.07, 6.45) is 3.33. The van der Waals surface area contributed by atoms with Gasteiger partial charge in [0.05, 0.1) is 11.5 Å². The van der Waals surface area contributed by atoms with E-state index < -0.39 is 9.84 Å². The lowest BCUT2D eigenvalue weighted by Gasteiger charge is -2.32. The minimum atomic E-state index is -2.86. The third-order valence-corrected chi connectivity index (χ3v) is 6.62. The molecule has 4 nitrogen and oxygen atoms in total. The predicted octanol–water partition coefficient (Wildman–Crippen LogP) is 1.68. The van der Waals surface area contributed by atoms with Crippen molar-refractivity contribution in [3.05, 3.63) is 35.4 Å². The monoisotopic (exact) mass is 308 g/mol. The van der Waals surface area contributed by atoms with Crippen LogP contribution in [0.3, 0.4) is 0 Å². The average molecular weight is 308 g/mol. The Bertz CT molecular complexity index is 593. The second kappa shape index (κ2) is 5.71. The van der Waals surface area contributed by atoms with Crippen molar-refractivity contribution in [2.75, 3.05) is 25.1 Å². The maximum atomic E-state index is 11.7. The van der Waals surface area contributed by atoms with E-state index in [0.717, 1.165) is 12.3 Å². The lowest BCUT2D eigenvalue weighted by molar-refractivity contribution is 0.192. The van der Waals surface area contributed by atoms with Crippen LogP contribution in [0.2, 0.25) is 0 Å². The molecule has 2 fully saturated rings. The van der Waals surface area contributed by atoms with Crippen molar-refractivity contribution >= 4 is 9.84 Å². The zero-order chi connectivity index (χ0) is 15.0. The number of nitrogens with zero attached hydrogens (tertiary/aromatic N) is 1. The Kier molecular flexibility index (Phi) is 4.08. The summed E-state index contributed by atoms with van der Waals surface area (Å²) < 4.78 is 23.3. The van der Waals surface area contributed by atoms with Gasteiger partial charge in [0.25, 0.3) is 0 Å². The predicted molar refractivity (Wildman–Crippen MR) is 85.0 cm³/mol. The summed E-state index contributed by atoms with van der Waals surface area (Å²) in [5.74, 6) is 1.33. The minimum absolute atomic E-state index is 0.0895. The molecule has 1 aromatic carbocycles. The van der Waals surface area contributed by atoms with E-state index in [0.29, 0.717) is 12.3 Å². The first-order chi connectivity index (χ1) is 10.00. The first-order valence-electron chi connectivity index (χ1n) is 7.72. The van der Waals surface area contributed by atoms with Crippen LogP contribution in [0.4, 0.5) is 0 Å². The highest BCUT2D eigenvalue weighted by molar-refractivity contribution is 7.91. The van der Waals surface area contributed by atoms with Crippen molar-refractivity contribution in [2.24, 2.45) is 5.73 Å². The molecule has 2 atom stereocenters. The van der Waals surface area contributed by atoms with E-state index in [-0.39, 0.29) is 17.8 Å². The van der Waals surface area contributed by atoms with Gasteiger partial charge in [0, 0.05) is 18.6 Å². The van der Waals surface area contributed by atoms with Crippen LogP contribution in [0.25, 0.3) is 0 Å². The molecule has 1 heterocycles. The fourth-order valence-corrected chi connectivity index (χ4v) is 5.08. The number of hydrogen-bond donors (Lipinski definition) is 1. The highest BCUT2D eigenvalue weighted by atomic mass is 32.2. The fraction of sp³-hybridized carbons (Fsp3) is 0.625. The van der Waals surface area contributed by atoms with Crippen LogP contribution < -0.4 is 5.73 Å². The molecule has 2 aliphatic rings. The van der Waals surface area contributed by atoms with E-state index in [4.69, 9.17) is 5.73 Å². The molecule has 0 bridgehead atoms. The summed E-state index contributed by atoms with van der Waals surface area (Å²) in [6.45, 7) is 0.510. The second-order valence-corrected chi connectivity index (χ2v) is 8.64.